The van der Waals surface area contributed by atoms with E-state index in [2.05, 4.69) is 13.2 Å². The normalized spacial score (nSPS) is 10.2. The van der Waals surface area contributed by atoms with Crippen LogP contribution in [0.1, 0.15) is 36.0 Å². The molecule has 0 aliphatic rings. The Bertz CT molecular complexity index is 1030. The lowest BCUT2D eigenvalue weighted by Crippen LogP contribution is -2.11. The van der Waals surface area contributed by atoms with Crippen molar-refractivity contribution in [1.29, 1.82) is 0 Å². The van der Waals surface area contributed by atoms with E-state index in [0.29, 0.717) is 68.3 Å². The van der Waals surface area contributed by atoms with Crippen molar-refractivity contribution in [3.05, 3.63) is 78.9 Å². The standard InChI is InChI=1S/C28H32O9/c1-3-26(30)35-18-6-4-16-33-23-10-8-22(9-11-23)28(32)37-25-14-12-24(13-15-25)34-17-5-7-19-36-27(31)21(2)20-29/h3,8-15,29H,1-2,4-7,16-20H2. The van der Waals surface area contributed by atoms with Gasteiger partial charge in [-0.15, -0.1) is 0 Å². The largest absolute Gasteiger partial charge is 0.494 e. The molecule has 2 aromatic carbocycles. The molecule has 0 amide bonds. The Hall–Kier alpha value is -4.11. The number of ether oxygens (including phenoxy) is 5. The number of carbonyl (C=O) groups excluding carboxylic acids is 3. The summed E-state index contributed by atoms with van der Waals surface area (Å²) in [6.07, 6.45) is 3.79. The maximum Gasteiger partial charge on any atom is 0.343 e. The molecule has 1 N–H and O–H groups in total. The van der Waals surface area contributed by atoms with E-state index >= 15 is 0 Å². The van der Waals surface area contributed by atoms with E-state index in [1.54, 1.807) is 48.5 Å². The highest BCUT2D eigenvalue weighted by Crippen LogP contribution is 2.20. The number of benzene rings is 2. The molecular formula is C28H32O9. The summed E-state index contributed by atoms with van der Waals surface area (Å²) >= 11 is 0. The molecule has 9 heteroatoms. The maximum absolute atomic E-state index is 12.4. The molecule has 0 heterocycles. The van der Waals surface area contributed by atoms with Crippen LogP contribution in [-0.2, 0) is 19.1 Å². The van der Waals surface area contributed by atoms with Crippen LogP contribution < -0.4 is 14.2 Å². The Kier molecular flexibility index (Phi) is 13.0. The van der Waals surface area contributed by atoms with Crippen LogP contribution in [0.4, 0.5) is 0 Å². The first-order valence-electron chi connectivity index (χ1n) is 11.9. The van der Waals surface area contributed by atoms with Gasteiger partial charge in [-0.25, -0.2) is 14.4 Å². The topological polar surface area (TPSA) is 118 Å². The van der Waals surface area contributed by atoms with Crippen molar-refractivity contribution in [1.82, 2.24) is 0 Å². The van der Waals surface area contributed by atoms with Crippen LogP contribution in [0.25, 0.3) is 0 Å². The van der Waals surface area contributed by atoms with E-state index < -0.39 is 24.5 Å². The SMILES string of the molecule is C=CC(=O)OCCCCOc1ccc(C(=O)Oc2ccc(OCCCCOC(=O)C(=C)CO)cc2)cc1. The second-order valence-corrected chi connectivity index (χ2v) is 7.77. The van der Waals surface area contributed by atoms with Crippen LogP contribution in [0.3, 0.4) is 0 Å². The maximum atomic E-state index is 12.4. The van der Waals surface area contributed by atoms with Crippen molar-refractivity contribution in [2.75, 3.05) is 33.0 Å². The van der Waals surface area contributed by atoms with Crippen LogP contribution >= 0.6 is 0 Å². The fourth-order valence-corrected chi connectivity index (χ4v) is 2.81. The van der Waals surface area contributed by atoms with Gasteiger partial charge in [0.1, 0.15) is 17.2 Å². The molecule has 0 saturated carbocycles. The van der Waals surface area contributed by atoms with Gasteiger partial charge < -0.3 is 28.8 Å². The third-order valence-electron chi connectivity index (χ3n) is 4.86. The number of hydrogen-bond donors (Lipinski definition) is 1. The molecule has 0 atom stereocenters. The van der Waals surface area contributed by atoms with Crippen LogP contribution in [0.5, 0.6) is 17.2 Å². The number of rotatable bonds is 17. The smallest absolute Gasteiger partial charge is 0.343 e. The van der Waals surface area contributed by atoms with Crippen LogP contribution in [-0.4, -0.2) is 56.0 Å². The van der Waals surface area contributed by atoms with E-state index in [4.69, 9.17) is 28.8 Å². The molecule has 0 aliphatic heterocycles. The van der Waals surface area contributed by atoms with Gasteiger partial charge in [-0.3, -0.25) is 0 Å². The second-order valence-electron chi connectivity index (χ2n) is 7.77. The van der Waals surface area contributed by atoms with Gasteiger partial charge in [0.15, 0.2) is 0 Å². The lowest BCUT2D eigenvalue weighted by Gasteiger charge is -2.09. The Morgan fingerprint density at radius 2 is 1.22 bits per heavy atom. The average Bonchev–Trinajstić information content (AvgIpc) is 2.92. The fraction of sp³-hybridized carbons (Fsp3) is 0.321. The Morgan fingerprint density at radius 3 is 1.76 bits per heavy atom. The van der Waals surface area contributed by atoms with Gasteiger partial charge in [-0.05, 0) is 74.2 Å². The molecular weight excluding hydrogens is 480 g/mol. The molecule has 0 aliphatic carbocycles. The monoisotopic (exact) mass is 512 g/mol. The van der Waals surface area contributed by atoms with Crippen molar-refractivity contribution >= 4 is 17.9 Å². The predicted octanol–water partition coefficient (Wildman–Crippen LogP) is 4.04. The summed E-state index contributed by atoms with van der Waals surface area (Å²) in [6, 6.07) is 13.3. The number of carbonyl (C=O) groups is 3. The van der Waals surface area contributed by atoms with Gasteiger partial charge in [-0.1, -0.05) is 13.2 Å². The summed E-state index contributed by atoms with van der Waals surface area (Å²) in [4.78, 5) is 34.7. The molecule has 0 bridgehead atoms. The lowest BCUT2D eigenvalue weighted by atomic mass is 10.2. The van der Waals surface area contributed by atoms with Crippen LogP contribution in [0.2, 0.25) is 0 Å². The molecule has 0 radical (unpaired) electrons. The van der Waals surface area contributed by atoms with E-state index in [-0.39, 0.29) is 12.2 Å². The average molecular weight is 513 g/mol. The van der Waals surface area contributed by atoms with E-state index in [0.717, 1.165) is 6.08 Å². The number of esters is 3. The van der Waals surface area contributed by atoms with Gasteiger partial charge >= 0.3 is 17.9 Å². The van der Waals surface area contributed by atoms with Gasteiger partial charge in [0.2, 0.25) is 0 Å². The molecule has 2 aromatic rings. The van der Waals surface area contributed by atoms with E-state index in [1.807, 2.05) is 0 Å². The quantitative estimate of drug-likeness (QED) is 0.145. The first-order valence-corrected chi connectivity index (χ1v) is 11.9. The van der Waals surface area contributed by atoms with Gasteiger partial charge in [0.05, 0.1) is 44.2 Å². The molecule has 0 spiro atoms. The van der Waals surface area contributed by atoms with Crippen molar-refractivity contribution in [2.45, 2.75) is 25.7 Å². The molecule has 0 unspecified atom stereocenters. The Morgan fingerprint density at radius 1 is 0.730 bits per heavy atom. The zero-order valence-corrected chi connectivity index (χ0v) is 20.7. The third-order valence-corrected chi connectivity index (χ3v) is 4.86. The fourth-order valence-electron chi connectivity index (χ4n) is 2.81. The van der Waals surface area contributed by atoms with Crippen molar-refractivity contribution in [3.63, 3.8) is 0 Å². The lowest BCUT2D eigenvalue weighted by molar-refractivity contribution is -0.140. The summed E-state index contributed by atoms with van der Waals surface area (Å²) in [5.41, 5.74) is 0.407. The Balaban J connectivity index is 1.65. The van der Waals surface area contributed by atoms with Crippen LogP contribution in [0.15, 0.2) is 73.3 Å². The van der Waals surface area contributed by atoms with Gasteiger partial charge in [0.25, 0.3) is 0 Å². The molecule has 9 nitrogen and oxygen atoms in total. The van der Waals surface area contributed by atoms with Crippen molar-refractivity contribution < 1.29 is 43.2 Å². The number of aliphatic hydroxyl groups excluding tert-OH is 1. The van der Waals surface area contributed by atoms with E-state index in [1.165, 1.54) is 0 Å². The summed E-state index contributed by atoms with van der Waals surface area (Å²) < 4.78 is 26.5. The molecule has 0 fully saturated rings. The second kappa shape index (κ2) is 16.5. The Labute approximate surface area is 216 Å². The predicted molar refractivity (Wildman–Crippen MR) is 136 cm³/mol. The molecule has 0 saturated heterocycles. The number of hydrogen-bond acceptors (Lipinski definition) is 9. The minimum Gasteiger partial charge on any atom is -0.494 e. The highest BCUT2D eigenvalue weighted by atomic mass is 16.5. The van der Waals surface area contributed by atoms with Crippen molar-refractivity contribution in [2.24, 2.45) is 0 Å². The summed E-state index contributed by atoms with van der Waals surface area (Å²) in [5, 5.41) is 8.81. The zero-order valence-electron chi connectivity index (χ0n) is 20.7. The highest BCUT2D eigenvalue weighted by Gasteiger charge is 2.10. The molecule has 198 valence electrons. The molecule has 0 aromatic heterocycles. The van der Waals surface area contributed by atoms with E-state index in [9.17, 15) is 14.4 Å². The minimum atomic E-state index is -0.602. The zero-order chi connectivity index (χ0) is 26.9. The van der Waals surface area contributed by atoms with Crippen LogP contribution in [0, 0.1) is 0 Å². The third kappa shape index (κ3) is 11.4. The number of unbranched alkanes of at least 4 members (excludes halogenated alkanes) is 2. The molecule has 37 heavy (non-hydrogen) atoms. The highest BCUT2D eigenvalue weighted by molar-refractivity contribution is 5.91. The minimum absolute atomic E-state index is 0.0250. The number of aliphatic hydroxyl groups is 1. The summed E-state index contributed by atoms with van der Waals surface area (Å²) in [5.74, 6) is 0.0778. The summed E-state index contributed by atoms with van der Waals surface area (Å²) in [7, 11) is 0. The first-order chi connectivity index (χ1) is 17.9. The molecule has 2 rings (SSSR count). The van der Waals surface area contributed by atoms with Crippen molar-refractivity contribution in [3.8, 4) is 17.2 Å². The summed E-state index contributed by atoms with van der Waals surface area (Å²) in [6.45, 7) is 7.73. The first kappa shape index (κ1) is 29.1. The van der Waals surface area contributed by atoms with Gasteiger partial charge in [-0.2, -0.15) is 0 Å². The van der Waals surface area contributed by atoms with Gasteiger partial charge in [0, 0.05) is 6.08 Å².